The molecular weight excluding hydrogens is 214 g/mol. The summed E-state index contributed by atoms with van der Waals surface area (Å²) >= 11 is 0. The summed E-state index contributed by atoms with van der Waals surface area (Å²) in [6.45, 7) is 5.48. The molecule has 2 rings (SSSR count). The maximum atomic E-state index is 12.2. The summed E-state index contributed by atoms with van der Waals surface area (Å²) < 4.78 is 0. The molecule has 0 saturated carbocycles. The van der Waals surface area contributed by atoms with Crippen LogP contribution in [-0.4, -0.2) is 34.9 Å². The molecule has 2 heterocycles. The molecule has 1 amide bonds. The number of pyridine rings is 1. The summed E-state index contributed by atoms with van der Waals surface area (Å²) in [6, 6.07) is 3.79. The highest BCUT2D eigenvalue weighted by Gasteiger charge is 2.26. The highest BCUT2D eigenvalue weighted by molar-refractivity contribution is 5.94. The van der Waals surface area contributed by atoms with E-state index in [1.54, 1.807) is 6.20 Å². The highest BCUT2D eigenvalue weighted by Crippen LogP contribution is 2.17. The van der Waals surface area contributed by atoms with Crippen LogP contribution in [0.1, 0.15) is 29.4 Å². The Morgan fingerprint density at radius 2 is 2.24 bits per heavy atom. The average Bonchev–Trinajstić information content (AvgIpc) is 2.28. The molecule has 0 radical (unpaired) electrons. The molecule has 2 atom stereocenters. The van der Waals surface area contributed by atoms with Gasteiger partial charge in [-0.25, -0.2) is 0 Å². The summed E-state index contributed by atoms with van der Waals surface area (Å²) in [7, 11) is 0. The number of nitrogens with two attached hydrogens (primary N) is 1. The predicted molar refractivity (Wildman–Crippen MR) is 66.6 cm³/mol. The second-order valence-corrected chi connectivity index (χ2v) is 5.00. The van der Waals surface area contributed by atoms with Gasteiger partial charge in [0.1, 0.15) is 0 Å². The van der Waals surface area contributed by atoms with Crippen molar-refractivity contribution in [2.45, 2.75) is 26.3 Å². The standard InChI is InChI=1S/C13H19N3O/c1-9-5-12(14)8-16(7-9)13(17)11-4-3-10(2)15-6-11/h3-4,6,9,12H,5,7-8,14H2,1-2H3. The number of carbonyl (C=O) groups excluding carboxylic acids is 1. The first kappa shape index (κ1) is 12.0. The second kappa shape index (κ2) is 4.84. The van der Waals surface area contributed by atoms with Crippen LogP contribution < -0.4 is 5.73 Å². The molecule has 0 aliphatic carbocycles. The molecular formula is C13H19N3O. The molecule has 1 aromatic rings. The van der Waals surface area contributed by atoms with Crippen molar-refractivity contribution in [3.05, 3.63) is 29.6 Å². The van der Waals surface area contributed by atoms with Crippen LogP contribution in [0.3, 0.4) is 0 Å². The SMILES string of the molecule is Cc1ccc(C(=O)N2CC(C)CC(N)C2)cn1. The van der Waals surface area contributed by atoms with Crippen molar-refractivity contribution in [1.82, 2.24) is 9.88 Å². The first-order valence-electron chi connectivity index (χ1n) is 6.04. The number of piperidine rings is 1. The zero-order chi connectivity index (χ0) is 12.4. The van der Waals surface area contributed by atoms with Gasteiger partial charge in [0.05, 0.1) is 5.56 Å². The lowest BCUT2D eigenvalue weighted by molar-refractivity contribution is 0.0660. The van der Waals surface area contributed by atoms with E-state index >= 15 is 0 Å². The smallest absolute Gasteiger partial charge is 0.255 e. The van der Waals surface area contributed by atoms with Crippen molar-refractivity contribution in [3.8, 4) is 0 Å². The van der Waals surface area contributed by atoms with Gasteiger partial charge in [0.15, 0.2) is 0 Å². The van der Waals surface area contributed by atoms with E-state index in [9.17, 15) is 4.79 Å². The lowest BCUT2D eigenvalue weighted by Crippen LogP contribution is -2.48. The van der Waals surface area contributed by atoms with Gasteiger partial charge in [0.2, 0.25) is 0 Å². The van der Waals surface area contributed by atoms with Crippen LogP contribution in [0, 0.1) is 12.8 Å². The minimum absolute atomic E-state index is 0.0412. The van der Waals surface area contributed by atoms with Crippen LogP contribution in [0.4, 0.5) is 0 Å². The van der Waals surface area contributed by atoms with Gasteiger partial charge in [-0.15, -0.1) is 0 Å². The van der Waals surface area contributed by atoms with Crippen LogP contribution >= 0.6 is 0 Å². The summed E-state index contributed by atoms with van der Waals surface area (Å²) in [5.74, 6) is 0.514. The minimum atomic E-state index is 0.0412. The molecule has 1 fully saturated rings. The third-order valence-corrected chi connectivity index (χ3v) is 3.14. The van der Waals surface area contributed by atoms with E-state index in [1.165, 1.54) is 0 Å². The van der Waals surface area contributed by atoms with E-state index in [4.69, 9.17) is 5.73 Å². The van der Waals surface area contributed by atoms with Gasteiger partial charge in [-0.2, -0.15) is 0 Å². The third-order valence-electron chi connectivity index (χ3n) is 3.14. The third kappa shape index (κ3) is 2.82. The molecule has 0 spiro atoms. The zero-order valence-corrected chi connectivity index (χ0v) is 10.4. The van der Waals surface area contributed by atoms with Gasteiger partial charge >= 0.3 is 0 Å². The Bertz CT molecular complexity index is 392. The van der Waals surface area contributed by atoms with Crippen LogP contribution in [0.25, 0.3) is 0 Å². The fraction of sp³-hybridized carbons (Fsp3) is 0.538. The number of likely N-dealkylation sites (tertiary alicyclic amines) is 1. The fourth-order valence-corrected chi connectivity index (χ4v) is 2.34. The van der Waals surface area contributed by atoms with Crippen molar-refractivity contribution in [1.29, 1.82) is 0 Å². The van der Waals surface area contributed by atoms with Crippen LogP contribution in [0.5, 0.6) is 0 Å². The van der Waals surface area contributed by atoms with Gasteiger partial charge in [-0.3, -0.25) is 9.78 Å². The number of hydrogen-bond donors (Lipinski definition) is 1. The molecule has 0 bridgehead atoms. The Hall–Kier alpha value is -1.42. The maximum absolute atomic E-state index is 12.2. The molecule has 4 heteroatoms. The Kier molecular flexibility index (Phi) is 3.43. The van der Waals surface area contributed by atoms with Crippen molar-refractivity contribution in [3.63, 3.8) is 0 Å². The zero-order valence-electron chi connectivity index (χ0n) is 10.4. The number of aromatic nitrogens is 1. The van der Waals surface area contributed by atoms with Crippen molar-refractivity contribution in [2.75, 3.05) is 13.1 Å². The van der Waals surface area contributed by atoms with Gasteiger partial charge in [-0.1, -0.05) is 6.92 Å². The van der Waals surface area contributed by atoms with Crippen LogP contribution in [0.2, 0.25) is 0 Å². The molecule has 92 valence electrons. The summed E-state index contributed by atoms with van der Waals surface area (Å²) in [6.07, 6.45) is 2.64. The Morgan fingerprint density at radius 3 is 2.82 bits per heavy atom. The van der Waals surface area contributed by atoms with E-state index in [0.717, 1.165) is 18.7 Å². The van der Waals surface area contributed by atoms with Crippen LogP contribution in [-0.2, 0) is 0 Å². The summed E-state index contributed by atoms with van der Waals surface area (Å²) in [5, 5.41) is 0. The molecule has 1 aliphatic heterocycles. The Labute approximate surface area is 102 Å². The van der Waals surface area contributed by atoms with Gasteiger partial charge in [-0.05, 0) is 31.4 Å². The van der Waals surface area contributed by atoms with Gasteiger partial charge in [0.25, 0.3) is 5.91 Å². The van der Waals surface area contributed by atoms with Gasteiger partial charge in [0, 0.05) is 31.0 Å². The monoisotopic (exact) mass is 233 g/mol. The lowest BCUT2D eigenvalue weighted by Gasteiger charge is -2.34. The predicted octanol–water partition coefficient (Wildman–Crippen LogP) is 1.20. The molecule has 2 N–H and O–H groups in total. The van der Waals surface area contributed by atoms with Crippen molar-refractivity contribution >= 4 is 5.91 Å². The average molecular weight is 233 g/mol. The quantitative estimate of drug-likeness (QED) is 0.793. The van der Waals surface area contributed by atoms with Crippen molar-refractivity contribution in [2.24, 2.45) is 11.7 Å². The largest absolute Gasteiger partial charge is 0.337 e. The number of nitrogens with zero attached hydrogens (tertiary/aromatic N) is 2. The Balaban J connectivity index is 2.11. The maximum Gasteiger partial charge on any atom is 0.255 e. The first-order chi connectivity index (χ1) is 8.06. The van der Waals surface area contributed by atoms with E-state index in [2.05, 4.69) is 11.9 Å². The van der Waals surface area contributed by atoms with E-state index < -0.39 is 0 Å². The minimum Gasteiger partial charge on any atom is -0.337 e. The lowest BCUT2D eigenvalue weighted by atomic mass is 9.96. The van der Waals surface area contributed by atoms with Gasteiger partial charge < -0.3 is 10.6 Å². The number of aryl methyl sites for hydroxylation is 1. The number of rotatable bonds is 1. The van der Waals surface area contributed by atoms with E-state index in [-0.39, 0.29) is 11.9 Å². The van der Waals surface area contributed by atoms with Crippen molar-refractivity contribution < 1.29 is 4.79 Å². The number of carbonyl (C=O) groups is 1. The normalized spacial score (nSPS) is 24.8. The first-order valence-corrected chi connectivity index (χ1v) is 6.04. The molecule has 2 unspecified atom stereocenters. The molecule has 1 saturated heterocycles. The topological polar surface area (TPSA) is 59.2 Å². The van der Waals surface area contributed by atoms with E-state index in [1.807, 2.05) is 24.0 Å². The van der Waals surface area contributed by atoms with Crippen LogP contribution in [0.15, 0.2) is 18.3 Å². The molecule has 1 aromatic heterocycles. The molecule has 4 nitrogen and oxygen atoms in total. The molecule has 17 heavy (non-hydrogen) atoms. The summed E-state index contributed by atoms with van der Waals surface area (Å²) in [5.41, 5.74) is 7.52. The highest BCUT2D eigenvalue weighted by atomic mass is 16.2. The molecule has 1 aliphatic rings. The number of hydrogen-bond acceptors (Lipinski definition) is 3. The Morgan fingerprint density at radius 1 is 1.47 bits per heavy atom. The fourth-order valence-electron chi connectivity index (χ4n) is 2.34. The molecule has 0 aromatic carbocycles. The second-order valence-electron chi connectivity index (χ2n) is 5.00. The summed E-state index contributed by atoms with van der Waals surface area (Å²) in [4.78, 5) is 18.2. The number of amides is 1. The van der Waals surface area contributed by atoms with E-state index in [0.29, 0.717) is 18.0 Å².